The van der Waals surface area contributed by atoms with E-state index in [4.69, 9.17) is 15.2 Å². The normalized spacial score (nSPS) is 28.6. The molecule has 0 saturated carbocycles. The number of hydrogen-bond acceptors (Lipinski definition) is 7. The Morgan fingerprint density at radius 1 is 1.57 bits per heavy atom. The van der Waals surface area contributed by atoms with Gasteiger partial charge in [0.2, 0.25) is 0 Å². The van der Waals surface area contributed by atoms with E-state index in [1.165, 1.54) is 6.33 Å². The van der Waals surface area contributed by atoms with Crippen molar-refractivity contribution < 1.29 is 14.6 Å². The number of nitrogens with zero attached hydrogens (tertiary/aromatic N) is 3. The molecular formula is C14H22N4O3. The van der Waals surface area contributed by atoms with Gasteiger partial charge < -0.3 is 25.2 Å². The summed E-state index contributed by atoms with van der Waals surface area (Å²) in [5.74, 6) is 0.986. The molecule has 0 bridgehead atoms. The number of anilines is 2. The lowest BCUT2D eigenvalue weighted by Gasteiger charge is -2.30. The summed E-state index contributed by atoms with van der Waals surface area (Å²) in [6, 6.07) is 0. The second-order valence-corrected chi connectivity index (χ2v) is 4.96. The molecule has 0 amide bonds. The lowest BCUT2D eigenvalue weighted by Crippen LogP contribution is -2.43. The van der Waals surface area contributed by atoms with Crippen molar-refractivity contribution in [1.29, 1.82) is 0 Å². The number of nitrogens with two attached hydrogens (primary N) is 1. The monoisotopic (exact) mass is 294 g/mol. The minimum Gasteiger partial charge on any atom is -0.388 e. The maximum Gasteiger partial charge on any atom is 0.164 e. The summed E-state index contributed by atoms with van der Waals surface area (Å²) in [4.78, 5) is 9.92. The summed E-state index contributed by atoms with van der Waals surface area (Å²) in [5.41, 5.74) is 6.55. The van der Waals surface area contributed by atoms with E-state index in [0.717, 1.165) is 5.56 Å². The molecule has 0 spiro atoms. The van der Waals surface area contributed by atoms with Crippen LogP contribution < -0.4 is 10.6 Å². The second kappa shape index (κ2) is 6.38. The Hall–Kier alpha value is -1.70. The Labute approximate surface area is 124 Å². The van der Waals surface area contributed by atoms with Crippen LogP contribution in [0.2, 0.25) is 0 Å². The SMILES string of the molecule is C=CN(c1ncnc(N)c1C)C1OC(CC)C(O)C1OC. The maximum atomic E-state index is 10.3. The van der Waals surface area contributed by atoms with Crippen LogP contribution in [0.4, 0.5) is 11.6 Å². The summed E-state index contributed by atoms with van der Waals surface area (Å²) >= 11 is 0. The minimum atomic E-state index is -0.702. The molecule has 0 aromatic carbocycles. The zero-order chi connectivity index (χ0) is 15.6. The van der Waals surface area contributed by atoms with Crippen LogP contribution in [0.5, 0.6) is 0 Å². The zero-order valence-corrected chi connectivity index (χ0v) is 12.6. The predicted molar refractivity (Wildman–Crippen MR) is 79.6 cm³/mol. The van der Waals surface area contributed by atoms with Gasteiger partial charge in [-0.05, 0) is 13.3 Å². The first-order valence-electron chi connectivity index (χ1n) is 6.89. The second-order valence-electron chi connectivity index (χ2n) is 4.96. The first kappa shape index (κ1) is 15.7. The fraction of sp³-hybridized carbons (Fsp3) is 0.571. The molecule has 1 fully saturated rings. The Morgan fingerprint density at radius 2 is 2.29 bits per heavy atom. The van der Waals surface area contributed by atoms with Crippen molar-refractivity contribution in [3.63, 3.8) is 0 Å². The van der Waals surface area contributed by atoms with Crippen LogP contribution in [0.3, 0.4) is 0 Å². The average Bonchev–Trinajstić information content (AvgIpc) is 2.80. The maximum absolute atomic E-state index is 10.3. The van der Waals surface area contributed by atoms with Crippen LogP contribution in [-0.2, 0) is 9.47 Å². The van der Waals surface area contributed by atoms with Gasteiger partial charge >= 0.3 is 0 Å². The van der Waals surface area contributed by atoms with Crippen molar-refractivity contribution in [2.75, 3.05) is 17.7 Å². The lowest BCUT2D eigenvalue weighted by molar-refractivity contribution is -0.00846. The molecule has 1 aliphatic heterocycles. The van der Waals surface area contributed by atoms with Crippen LogP contribution in [0.15, 0.2) is 19.1 Å². The highest BCUT2D eigenvalue weighted by Gasteiger charge is 2.46. The summed E-state index contributed by atoms with van der Waals surface area (Å²) in [7, 11) is 1.55. The fourth-order valence-electron chi connectivity index (χ4n) is 2.56. The van der Waals surface area contributed by atoms with Gasteiger partial charge in [-0.1, -0.05) is 13.5 Å². The topological polar surface area (TPSA) is 93.7 Å². The number of aromatic nitrogens is 2. The van der Waals surface area contributed by atoms with Gasteiger partial charge in [-0.3, -0.25) is 0 Å². The van der Waals surface area contributed by atoms with Crippen molar-refractivity contribution in [1.82, 2.24) is 9.97 Å². The van der Waals surface area contributed by atoms with Gasteiger partial charge in [0.25, 0.3) is 0 Å². The quantitative estimate of drug-likeness (QED) is 0.830. The molecule has 3 N–H and O–H groups in total. The number of aliphatic hydroxyl groups is 1. The van der Waals surface area contributed by atoms with Gasteiger partial charge in [0, 0.05) is 18.9 Å². The van der Waals surface area contributed by atoms with Crippen molar-refractivity contribution in [2.24, 2.45) is 0 Å². The van der Waals surface area contributed by atoms with Gasteiger partial charge in [0.05, 0.1) is 6.10 Å². The van der Waals surface area contributed by atoms with Crippen LogP contribution in [0, 0.1) is 6.92 Å². The molecule has 21 heavy (non-hydrogen) atoms. The molecule has 116 valence electrons. The molecule has 1 aromatic rings. The molecule has 7 heteroatoms. The smallest absolute Gasteiger partial charge is 0.164 e. The molecule has 0 aliphatic carbocycles. The van der Waals surface area contributed by atoms with Gasteiger partial charge in [-0.2, -0.15) is 0 Å². The summed E-state index contributed by atoms with van der Waals surface area (Å²) in [5, 5.41) is 10.3. The lowest BCUT2D eigenvalue weighted by atomic mass is 10.1. The number of methoxy groups -OCH3 is 1. The third-order valence-electron chi connectivity index (χ3n) is 3.80. The van der Waals surface area contributed by atoms with E-state index in [-0.39, 0.29) is 6.10 Å². The van der Waals surface area contributed by atoms with E-state index in [0.29, 0.717) is 18.1 Å². The fourth-order valence-corrected chi connectivity index (χ4v) is 2.56. The minimum absolute atomic E-state index is 0.290. The molecule has 0 radical (unpaired) electrons. The molecule has 4 unspecified atom stereocenters. The van der Waals surface area contributed by atoms with E-state index in [1.54, 1.807) is 18.2 Å². The van der Waals surface area contributed by atoms with E-state index in [9.17, 15) is 5.11 Å². The highest BCUT2D eigenvalue weighted by atomic mass is 16.6. The van der Waals surface area contributed by atoms with Gasteiger partial charge in [-0.15, -0.1) is 0 Å². The number of aliphatic hydroxyl groups excluding tert-OH is 1. The van der Waals surface area contributed by atoms with Crippen molar-refractivity contribution >= 4 is 11.6 Å². The molecule has 1 aliphatic rings. The van der Waals surface area contributed by atoms with Crippen LogP contribution in [0.1, 0.15) is 18.9 Å². The third kappa shape index (κ3) is 2.72. The van der Waals surface area contributed by atoms with E-state index < -0.39 is 18.4 Å². The van der Waals surface area contributed by atoms with Gasteiger partial charge in [0.15, 0.2) is 6.23 Å². The Bertz CT molecular complexity index is 511. The molecule has 2 heterocycles. The van der Waals surface area contributed by atoms with Gasteiger partial charge in [-0.25, -0.2) is 9.97 Å². The standard InChI is InChI=1S/C14H22N4O3/c1-5-9-10(19)11(20-4)14(21-9)18(6-2)13-8(3)12(15)16-7-17-13/h6-7,9-11,14,19H,2,5H2,1,3-4H3,(H2,15,16,17). The van der Waals surface area contributed by atoms with Crippen molar-refractivity contribution in [3.05, 3.63) is 24.7 Å². The highest BCUT2D eigenvalue weighted by molar-refractivity contribution is 5.57. The highest BCUT2D eigenvalue weighted by Crippen LogP contribution is 2.32. The Balaban J connectivity index is 2.37. The molecule has 4 atom stereocenters. The summed E-state index contributed by atoms with van der Waals surface area (Å²) in [6.07, 6.45) is 1.67. The molecule has 1 saturated heterocycles. The van der Waals surface area contributed by atoms with E-state index in [2.05, 4.69) is 16.5 Å². The number of rotatable bonds is 5. The number of nitrogen functional groups attached to an aromatic ring is 1. The largest absolute Gasteiger partial charge is 0.388 e. The average molecular weight is 294 g/mol. The van der Waals surface area contributed by atoms with E-state index >= 15 is 0 Å². The number of ether oxygens (including phenoxy) is 2. The van der Waals surface area contributed by atoms with Crippen molar-refractivity contribution in [3.8, 4) is 0 Å². The van der Waals surface area contributed by atoms with Crippen LogP contribution >= 0.6 is 0 Å². The molecule has 2 rings (SSSR count). The first-order valence-corrected chi connectivity index (χ1v) is 6.89. The zero-order valence-electron chi connectivity index (χ0n) is 12.6. The Kier molecular flexibility index (Phi) is 4.76. The number of hydrogen-bond donors (Lipinski definition) is 2. The van der Waals surface area contributed by atoms with Crippen LogP contribution in [0.25, 0.3) is 0 Å². The summed E-state index contributed by atoms with van der Waals surface area (Å²) in [6.45, 7) is 7.58. The third-order valence-corrected chi connectivity index (χ3v) is 3.80. The Morgan fingerprint density at radius 3 is 2.86 bits per heavy atom. The predicted octanol–water partition coefficient (Wildman–Crippen LogP) is 0.828. The summed E-state index contributed by atoms with van der Waals surface area (Å²) < 4.78 is 11.3. The molecule has 7 nitrogen and oxygen atoms in total. The molecular weight excluding hydrogens is 272 g/mol. The van der Waals surface area contributed by atoms with Crippen LogP contribution in [-0.4, -0.2) is 46.7 Å². The van der Waals surface area contributed by atoms with Crippen molar-refractivity contribution in [2.45, 2.75) is 44.8 Å². The van der Waals surface area contributed by atoms with Gasteiger partial charge in [0.1, 0.15) is 30.2 Å². The first-order chi connectivity index (χ1) is 10.0. The molecule has 1 aromatic heterocycles. The van der Waals surface area contributed by atoms with E-state index in [1.807, 2.05) is 13.8 Å².